The van der Waals surface area contributed by atoms with E-state index < -0.39 is 15.4 Å². The molecule has 3 rings (SSSR count). The molecule has 0 aromatic heterocycles. The zero-order valence-electron chi connectivity index (χ0n) is 13.5. The number of sulfonamides is 1. The second-order valence-corrected chi connectivity index (χ2v) is 8.40. The van der Waals surface area contributed by atoms with E-state index in [4.69, 9.17) is 11.6 Å². The molecule has 5 nitrogen and oxygen atoms in total. The van der Waals surface area contributed by atoms with Gasteiger partial charge in [-0.3, -0.25) is 9.52 Å². The lowest BCUT2D eigenvalue weighted by atomic mass is 9.86. The maximum Gasteiger partial charge on any atom is 0.261 e. The highest BCUT2D eigenvalue weighted by atomic mass is 35.5. The Morgan fingerprint density at radius 1 is 1.08 bits per heavy atom. The van der Waals surface area contributed by atoms with Crippen molar-refractivity contribution in [3.63, 3.8) is 0 Å². The van der Waals surface area contributed by atoms with Gasteiger partial charge in [0.1, 0.15) is 0 Å². The highest BCUT2D eigenvalue weighted by molar-refractivity contribution is 7.92. The molecule has 0 aliphatic carbocycles. The number of likely N-dealkylation sites (N-methyl/N-ethyl adjacent to an activating group) is 1. The average Bonchev–Trinajstić information content (AvgIpc) is 2.70. The van der Waals surface area contributed by atoms with Crippen molar-refractivity contribution >= 4 is 38.9 Å². The standard InChI is InChI=1S/C17H17ClN2O3S/c1-17(2)14-10-13(8-9-15(14)20(3)16(17)21)24(22,23)19-12-6-4-11(18)5-7-12/h4-10,19H,1-3H3. The van der Waals surface area contributed by atoms with Gasteiger partial charge in [0.2, 0.25) is 5.91 Å². The number of hydrogen-bond acceptors (Lipinski definition) is 3. The summed E-state index contributed by atoms with van der Waals surface area (Å²) in [6.45, 7) is 3.58. The van der Waals surface area contributed by atoms with Crippen LogP contribution >= 0.6 is 11.6 Å². The van der Waals surface area contributed by atoms with Crippen molar-refractivity contribution in [3.05, 3.63) is 53.1 Å². The summed E-state index contributed by atoms with van der Waals surface area (Å²) >= 11 is 5.81. The van der Waals surface area contributed by atoms with Gasteiger partial charge in [-0.25, -0.2) is 8.42 Å². The number of nitrogens with zero attached hydrogens (tertiary/aromatic N) is 1. The molecule has 1 heterocycles. The minimum atomic E-state index is -3.76. The molecule has 24 heavy (non-hydrogen) atoms. The maximum atomic E-state index is 12.6. The van der Waals surface area contributed by atoms with Crippen molar-refractivity contribution in [2.45, 2.75) is 24.2 Å². The van der Waals surface area contributed by atoms with Crippen molar-refractivity contribution < 1.29 is 13.2 Å². The van der Waals surface area contributed by atoms with E-state index in [9.17, 15) is 13.2 Å². The number of carbonyl (C=O) groups excluding carboxylic acids is 1. The van der Waals surface area contributed by atoms with E-state index in [0.29, 0.717) is 16.3 Å². The molecule has 0 saturated heterocycles. The monoisotopic (exact) mass is 364 g/mol. The van der Waals surface area contributed by atoms with Crippen molar-refractivity contribution in [3.8, 4) is 0 Å². The maximum absolute atomic E-state index is 12.6. The van der Waals surface area contributed by atoms with Crippen LogP contribution in [0.5, 0.6) is 0 Å². The zero-order chi connectivity index (χ0) is 17.7. The second kappa shape index (κ2) is 5.50. The Kier molecular flexibility index (Phi) is 3.85. The number of anilines is 2. The molecule has 1 aliphatic rings. The molecule has 1 N–H and O–H groups in total. The molecule has 0 bridgehead atoms. The fraction of sp³-hybridized carbons (Fsp3) is 0.235. The van der Waals surface area contributed by atoms with E-state index in [1.165, 1.54) is 6.07 Å². The van der Waals surface area contributed by atoms with Gasteiger partial charge in [0.05, 0.1) is 10.3 Å². The molecular weight excluding hydrogens is 348 g/mol. The summed E-state index contributed by atoms with van der Waals surface area (Å²) in [4.78, 5) is 14.0. The summed E-state index contributed by atoms with van der Waals surface area (Å²) in [5, 5.41) is 0.527. The minimum Gasteiger partial charge on any atom is -0.314 e. The molecule has 1 amide bonds. The smallest absolute Gasteiger partial charge is 0.261 e. The molecule has 0 spiro atoms. The van der Waals surface area contributed by atoms with E-state index in [2.05, 4.69) is 4.72 Å². The Balaban J connectivity index is 2.00. The van der Waals surface area contributed by atoms with Crippen LogP contribution in [0.4, 0.5) is 11.4 Å². The fourth-order valence-electron chi connectivity index (χ4n) is 2.85. The molecule has 0 radical (unpaired) electrons. The quantitative estimate of drug-likeness (QED) is 0.907. The van der Waals surface area contributed by atoms with E-state index in [1.807, 2.05) is 0 Å². The summed E-state index contributed by atoms with van der Waals surface area (Å²) in [6, 6.07) is 11.1. The molecule has 1 aliphatic heterocycles. The summed E-state index contributed by atoms with van der Waals surface area (Å²) < 4.78 is 27.8. The largest absolute Gasteiger partial charge is 0.314 e. The number of carbonyl (C=O) groups is 1. The predicted octanol–water partition coefficient (Wildman–Crippen LogP) is 3.39. The number of hydrogen-bond donors (Lipinski definition) is 1. The minimum absolute atomic E-state index is 0.0577. The Morgan fingerprint density at radius 3 is 2.33 bits per heavy atom. The van der Waals surface area contributed by atoms with E-state index in [-0.39, 0.29) is 10.8 Å². The van der Waals surface area contributed by atoms with Crippen LogP contribution in [0.3, 0.4) is 0 Å². The van der Waals surface area contributed by atoms with Gasteiger partial charge < -0.3 is 4.90 Å². The number of amides is 1. The predicted molar refractivity (Wildman–Crippen MR) is 95.1 cm³/mol. The van der Waals surface area contributed by atoms with Crippen molar-refractivity contribution in [1.29, 1.82) is 0 Å². The van der Waals surface area contributed by atoms with E-state index >= 15 is 0 Å². The Labute approximate surface area is 146 Å². The lowest BCUT2D eigenvalue weighted by Gasteiger charge is -2.17. The SMILES string of the molecule is CN1C(=O)C(C)(C)c2cc(S(=O)(=O)Nc3ccc(Cl)cc3)ccc21. The van der Waals surface area contributed by atoms with Crippen LogP contribution in [0.15, 0.2) is 47.4 Å². The molecular formula is C17H17ClN2O3S. The molecule has 2 aromatic carbocycles. The summed E-state index contributed by atoms with van der Waals surface area (Å²) in [5.74, 6) is -0.0577. The molecule has 126 valence electrons. The molecule has 0 unspecified atom stereocenters. The zero-order valence-corrected chi connectivity index (χ0v) is 15.1. The molecule has 7 heteroatoms. The fourth-order valence-corrected chi connectivity index (χ4v) is 4.06. The van der Waals surface area contributed by atoms with Crippen molar-refractivity contribution in [1.82, 2.24) is 0 Å². The number of rotatable bonds is 3. The van der Waals surface area contributed by atoms with Gasteiger partial charge in [0, 0.05) is 23.4 Å². The van der Waals surface area contributed by atoms with Gasteiger partial charge >= 0.3 is 0 Å². The average molecular weight is 365 g/mol. The van der Waals surface area contributed by atoms with Crippen molar-refractivity contribution in [2.24, 2.45) is 0 Å². The van der Waals surface area contributed by atoms with Gasteiger partial charge in [-0.05, 0) is 61.9 Å². The van der Waals surface area contributed by atoms with E-state index in [0.717, 1.165) is 5.69 Å². The first-order valence-corrected chi connectivity index (χ1v) is 9.20. The Morgan fingerprint density at radius 2 is 1.71 bits per heavy atom. The third-order valence-electron chi connectivity index (χ3n) is 4.25. The third-order valence-corrected chi connectivity index (χ3v) is 5.88. The van der Waals surface area contributed by atoms with Crippen LogP contribution in [-0.4, -0.2) is 21.4 Å². The molecule has 0 saturated carbocycles. The summed E-state index contributed by atoms with van der Waals surface area (Å²) in [7, 11) is -2.07. The normalized spacial score (nSPS) is 16.2. The first-order chi connectivity index (χ1) is 11.1. The topological polar surface area (TPSA) is 66.5 Å². The third kappa shape index (κ3) is 2.65. The van der Waals surface area contributed by atoms with Gasteiger partial charge in [-0.1, -0.05) is 11.6 Å². The first kappa shape index (κ1) is 16.8. The Bertz CT molecular complexity index is 921. The summed E-state index contributed by atoms with van der Waals surface area (Å²) in [6.07, 6.45) is 0. The molecule has 2 aromatic rings. The highest BCUT2D eigenvalue weighted by Gasteiger charge is 2.42. The van der Waals surface area contributed by atoms with E-state index in [1.54, 1.807) is 62.2 Å². The first-order valence-electron chi connectivity index (χ1n) is 7.34. The van der Waals surface area contributed by atoms with Gasteiger partial charge in [-0.2, -0.15) is 0 Å². The highest BCUT2D eigenvalue weighted by Crippen LogP contribution is 2.41. The molecule has 0 atom stereocenters. The number of benzene rings is 2. The van der Waals surface area contributed by atoms with Gasteiger partial charge in [-0.15, -0.1) is 0 Å². The molecule has 0 fully saturated rings. The lowest BCUT2D eigenvalue weighted by molar-refractivity contribution is -0.121. The van der Waals surface area contributed by atoms with Gasteiger partial charge in [0.25, 0.3) is 10.0 Å². The number of fused-ring (bicyclic) bond motifs is 1. The lowest BCUT2D eigenvalue weighted by Crippen LogP contribution is -2.33. The number of nitrogens with one attached hydrogen (secondary N) is 1. The van der Waals surface area contributed by atoms with Crippen molar-refractivity contribution in [2.75, 3.05) is 16.7 Å². The van der Waals surface area contributed by atoms with Crippen LogP contribution < -0.4 is 9.62 Å². The van der Waals surface area contributed by atoms with Crippen LogP contribution in [0.2, 0.25) is 5.02 Å². The second-order valence-electron chi connectivity index (χ2n) is 6.28. The van der Waals surface area contributed by atoms with Crippen LogP contribution in [-0.2, 0) is 20.2 Å². The number of halogens is 1. The van der Waals surface area contributed by atoms with Crippen LogP contribution in [0.25, 0.3) is 0 Å². The Hall–Kier alpha value is -2.05. The van der Waals surface area contributed by atoms with Crippen LogP contribution in [0, 0.1) is 0 Å². The summed E-state index contributed by atoms with van der Waals surface area (Å²) in [5.41, 5.74) is 1.10. The van der Waals surface area contributed by atoms with Crippen LogP contribution in [0.1, 0.15) is 19.4 Å². The van der Waals surface area contributed by atoms with Gasteiger partial charge in [0.15, 0.2) is 0 Å².